The molecule has 0 saturated heterocycles. The smallest absolute Gasteiger partial charge is 0.338 e. The molecule has 1 aromatic rings. The fourth-order valence-corrected chi connectivity index (χ4v) is 1.53. The molecule has 4 heteroatoms. The molecule has 0 N–H and O–H groups in total. The van der Waals surface area contributed by atoms with E-state index in [-0.39, 0.29) is 12.2 Å². The third kappa shape index (κ3) is 3.81. The van der Waals surface area contributed by atoms with Crippen molar-refractivity contribution >= 4 is 23.6 Å². The van der Waals surface area contributed by atoms with Crippen molar-refractivity contribution in [1.82, 2.24) is 0 Å². The average molecular weight is 260 g/mol. The molecule has 100 valence electrons. The summed E-state index contributed by atoms with van der Waals surface area (Å²) in [5.74, 6) is -0.594. The van der Waals surface area contributed by atoms with Gasteiger partial charge in [0.2, 0.25) is 0 Å². The van der Waals surface area contributed by atoms with Gasteiger partial charge in [0, 0.05) is 6.92 Å². The molecule has 1 aromatic carbocycles. The molecule has 0 atom stereocenters. The zero-order valence-corrected chi connectivity index (χ0v) is 11.1. The van der Waals surface area contributed by atoms with E-state index in [1.54, 1.807) is 31.2 Å². The summed E-state index contributed by atoms with van der Waals surface area (Å²) in [6, 6.07) is 4.89. The van der Waals surface area contributed by atoms with Crippen molar-refractivity contribution in [2.75, 3.05) is 6.61 Å². The van der Waals surface area contributed by atoms with E-state index >= 15 is 0 Å². The van der Waals surface area contributed by atoms with Crippen LogP contribution in [0.4, 0.5) is 0 Å². The lowest BCUT2D eigenvalue weighted by molar-refractivity contribution is -0.136. The summed E-state index contributed by atoms with van der Waals surface area (Å²) in [6.45, 7) is 10.7. The standard InChI is InChI=1S/C15H16O4/c1-5-12-7-8-13(19-11(4)16)9-14(12)10(3)15(17)18-6-2/h5,7-9H,1,3,6H2,2,4H3. The zero-order chi connectivity index (χ0) is 14.4. The van der Waals surface area contributed by atoms with Gasteiger partial charge < -0.3 is 9.47 Å². The fourth-order valence-electron chi connectivity index (χ4n) is 1.53. The maximum atomic E-state index is 11.7. The van der Waals surface area contributed by atoms with Crippen molar-refractivity contribution in [3.8, 4) is 5.75 Å². The highest BCUT2D eigenvalue weighted by Gasteiger charge is 2.14. The number of esters is 2. The molecular formula is C15H16O4. The van der Waals surface area contributed by atoms with Gasteiger partial charge in [0.1, 0.15) is 5.75 Å². The van der Waals surface area contributed by atoms with Gasteiger partial charge in [0.15, 0.2) is 0 Å². The molecule has 0 aromatic heterocycles. The Morgan fingerprint density at radius 1 is 1.37 bits per heavy atom. The van der Waals surface area contributed by atoms with Crippen LogP contribution < -0.4 is 4.74 Å². The summed E-state index contributed by atoms with van der Waals surface area (Å²) in [4.78, 5) is 22.6. The Kier molecular flexibility index (Phi) is 5.06. The van der Waals surface area contributed by atoms with Gasteiger partial charge in [0.25, 0.3) is 0 Å². The summed E-state index contributed by atoms with van der Waals surface area (Å²) in [6.07, 6.45) is 1.59. The first-order chi connectivity index (χ1) is 8.99. The molecule has 0 saturated carbocycles. The molecule has 0 aliphatic carbocycles. The van der Waals surface area contributed by atoms with Crippen molar-refractivity contribution in [3.63, 3.8) is 0 Å². The number of carbonyl (C=O) groups excluding carboxylic acids is 2. The molecule has 0 bridgehead atoms. The predicted molar refractivity (Wildman–Crippen MR) is 73.5 cm³/mol. The molecule has 1 rings (SSSR count). The van der Waals surface area contributed by atoms with Gasteiger partial charge >= 0.3 is 11.9 Å². The number of hydrogen-bond donors (Lipinski definition) is 0. The van der Waals surface area contributed by atoms with Gasteiger partial charge in [-0.1, -0.05) is 25.3 Å². The normalized spacial score (nSPS) is 9.58. The van der Waals surface area contributed by atoms with Crippen LogP contribution in [-0.2, 0) is 14.3 Å². The second-order valence-electron chi connectivity index (χ2n) is 3.75. The number of benzene rings is 1. The van der Waals surface area contributed by atoms with Crippen molar-refractivity contribution in [1.29, 1.82) is 0 Å². The second-order valence-corrected chi connectivity index (χ2v) is 3.75. The lowest BCUT2D eigenvalue weighted by Gasteiger charge is -2.10. The number of hydrogen-bond acceptors (Lipinski definition) is 4. The zero-order valence-electron chi connectivity index (χ0n) is 11.1. The van der Waals surface area contributed by atoms with E-state index in [0.717, 1.165) is 0 Å². The van der Waals surface area contributed by atoms with Crippen molar-refractivity contribution in [2.45, 2.75) is 13.8 Å². The first-order valence-corrected chi connectivity index (χ1v) is 5.80. The highest BCUT2D eigenvalue weighted by Crippen LogP contribution is 2.25. The van der Waals surface area contributed by atoms with E-state index in [0.29, 0.717) is 16.9 Å². The van der Waals surface area contributed by atoms with E-state index in [1.165, 1.54) is 6.92 Å². The average Bonchev–Trinajstić information content (AvgIpc) is 2.37. The number of carbonyl (C=O) groups is 2. The summed E-state index contributed by atoms with van der Waals surface area (Å²) >= 11 is 0. The van der Waals surface area contributed by atoms with Crippen LogP contribution in [0.3, 0.4) is 0 Å². The van der Waals surface area contributed by atoms with Crippen LogP contribution >= 0.6 is 0 Å². The molecule has 0 aliphatic rings. The maximum Gasteiger partial charge on any atom is 0.338 e. The Balaban J connectivity index is 3.15. The SMILES string of the molecule is C=Cc1ccc(OC(C)=O)cc1C(=C)C(=O)OCC. The molecule has 0 aliphatic heterocycles. The van der Waals surface area contributed by atoms with Crippen LogP contribution in [0.2, 0.25) is 0 Å². The number of rotatable bonds is 5. The first kappa shape index (κ1) is 14.7. The van der Waals surface area contributed by atoms with Crippen LogP contribution in [0.15, 0.2) is 31.4 Å². The van der Waals surface area contributed by atoms with Gasteiger partial charge in [0.05, 0.1) is 12.2 Å². The fraction of sp³-hybridized carbons (Fsp3) is 0.200. The molecule has 0 fully saturated rings. The minimum Gasteiger partial charge on any atom is -0.462 e. The van der Waals surface area contributed by atoms with E-state index in [9.17, 15) is 9.59 Å². The Bertz CT molecular complexity index is 529. The Morgan fingerprint density at radius 3 is 2.58 bits per heavy atom. The lowest BCUT2D eigenvalue weighted by atomic mass is 10.0. The summed E-state index contributed by atoms with van der Waals surface area (Å²) in [7, 11) is 0. The van der Waals surface area contributed by atoms with Crippen LogP contribution in [0.1, 0.15) is 25.0 Å². The van der Waals surface area contributed by atoms with Crippen molar-refractivity contribution in [3.05, 3.63) is 42.5 Å². The van der Waals surface area contributed by atoms with Crippen molar-refractivity contribution < 1.29 is 19.1 Å². The van der Waals surface area contributed by atoms with Crippen LogP contribution in [0.25, 0.3) is 11.6 Å². The summed E-state index contributed by atoms with van der Waals surface area (Å²) < 4.78 is 9.88. The van der Waals surface area contributed by atoms with E-state index in [1.807, 2.05) is 0 Å². The predicted octanol–water partition coefficient (Wildman–Crippen LogP) is 2.83. The maximum absolute atomic E-state index is 11.7. The minimum absolute atomic E-state index is 0.200. The van der Waals surface area contributed by atoms with Crippen LogP contribution in [0, 0.1) is 0 Å². The summed E-state index contributed by atoms with van der Waals surface area (Å²) in [5, 5.41) is 0. The van der Waals surface area contributed by atoms with Gasteiger partial charge in [-0.05, 0) is 30.2 Å². The van der Waals surface area contributed by atoms with Crippen LogP contribution in [0.5, 0.6) is 5.75 Å². The van der Waals surface area contributed by atoms with Gasteiger partial charge in [-0.25, -0.2) is 4.79 Å². The second kappa shape index (κ2) is 6.54. The molecular weight excluding hydrogens is 244 g/mol. The first-order valence-electron chi connectivity index (χ1n) is 5.80. The Hall–Kier alpha value is -2.36. The van der Waals surface area contributed by atoms with Gasteiger partial charge in [-0.2, -0.15) is 0 Å². The molecule has 19 heavy (non-hydrogen) atoms. The highest BCUT2D eigenvalue weighted by molar-refractivity contribution is 6.16. The third-order valence-electron chi connectivity index (χ3n) is 2.35. The van der Waals surface area contributed by atoms with E-state index < -0.39 is 11.9 Å². The Morgan fingerprint density at radius 2 is 2.05 bits per heavy atom. The topological polar surface area (TPSA) is 52.6 Å². The van der Waals surface area contributed by atoms with E-state index in [4.69, 9.17) is 9.47 Å². The summed E-state index contributed by atoms with van der Waals surface area (Å²) in [5.41, 5.74) is 1.45. The van der Waals surface area contributed by atoms with Crippen LogP contribution in [-0.4, -0.2) is 18.5 Å². The third-order valence-corrected chi connectivity index (χ3v) is 2.35. The minimum atomic E-state index is -0.509. The van der Waals surface area contributed by atoms with Gasteiger partial charge in [-0.3, -0.25) is 4.79 Å². The van der Waals surface area contributed by atoms with Gasteiger partial charge in [-0.15, -0.1) is 0 Å². The highest BCUT2D eigenvalue weighted by atomic mass is 16.5. The molecule has 0 unspecified atom stereocenters. The molecule has 0 radical (unpaired) electrons. The monoisotopic (exact) mass is 260 g/mol. The number of ether oxygens (including phenoxy) is 2. The van der Waals surface area contributed by atoms with Crippen molar-refractivity contribution in [2.24, 2.45) is 0 Å². The molecule has 4 nitrogen and oxygen atoms in total. The lowest BCUT2D eigenvalue weighted by Crippen LogP contribution is -2.08. The molecule has 0 spiro atoms. The Labute approximate surface area is 112 Å². The molecule has 0 heterocycles. The largest absolute Gasteiger partial charge is 0.462 e. The quantitative estimate of drug-likeness (QED) is 0.464. The van der Waals surface area contributed by atoms with E-state index in [2.05, 4.69) is 13.2 Å². The molecule has 0 amide bonds.